The van der Waals surface area contributed by atoms with Crippen molar-refractivity contribution in [2.24, 2.45) is 5.84 Å². The van der Waals surface area contributed by atoms with Gasteiger partial charge in [0.2, 0.25) is 5.91 Å². The van der Waals surface area contributed by atoms with Crippen molar-refractivity contribution in [3.8, 4) is 0 Å². The largest absolute Gasteiger partial charge is 0.337 e. The van der Waals surface area contributed by atoms with Crippen LogP contribution in [0, 0.1) is 0 Å². The molecule has 2 rings (SSSR count). The van der Waals surface area contributed by atoms with E-state index < -0.39 is 0 Å². The summed E-state index contributed by atoms with van der Waals surface area (Å²) in [5.41, 5.74) is 4.29. The zero-order chi connectivity index (χ0) is 12.8. The van der Waals surface area contributed by atoms with Crippen molar-refractivity contribution < 1.29 is 4.79 Å². The zero-order valence-electron chi connectivity index (χ0n) is 10.6. The zero-order valence-corrected chi connectivity index (χ0v) is 10.6. The number of nitrogens with two attached hydrogens (primary N) is 1. The van der Waals surface area contributed by atoms with Crippen LogP contribution in [-0.2, 0) is 11.3 Å². The van der Waals surface area contributed by atoms with Crippen LogP contribution in [0.3, 0.4) is 0 Å². The van der Waals surface area contributed by atoms with Gasteiger partial charge in [0.25, 0.3) is 0 Å². The van der Waals surface area contributed by atoms with Crippen LogP contribution in [0.4, 0.5) is 5.69 Å². The molecule has 0 atom stereocenters. The maximum atomic E-state index is 12.0. The third-order valence-corrected chi connectivity index (χ3v) is 3.26. The number of nitrogens with one attached hydrogen (secondary N) is 1. The molecule has 0 radical (unpaired) electrons. The predicted molar refractivity (Wildman–Crippen MR) is 70.5 cm³/mol. The first-order chi connectivity index (χ1) is 8.79. The molecule has 1 aromatic rings. The minimum Gasteiger partial charge on any atom is -0.337 e. The standard InChI is InChI=1S/C13H20N4O/c14-16-11-6-7-15-12(9-11)10-17-8-4-2-1-3-5-13(17)18/h6-7,9H,1-5,8,10,14H2,(H,15,16). The fourth-order valence-electron chi connectivity index (χ4n) is 2.23. The number of hydrogen-bond acceptors (Lipinski definition) is 4. The summed E-state index contributed by atoms with van der Waals surface area (Å²) < 4.78 is 0. The summed E-state index contributed by atoms with van der Waals surface area (Å²) in [6.45, 7) is 1.41. The van der Waals surface area contributed by atoms with Gasteiger partial charge in [0.15, 0.2) is 0 Å². The van der Waals surface area contributed by atoms with Gasteiger partial charge in [0.1, 0.15) is 0 Å². The second-order valence-electron chi connectivity index (χ2n) is 4.66. The molecule has 5 nitrogen and oxygen atoms in total. The average Bonchev–Trinajstić information content (AvgIpc) is 2.39. The van der Waals surface area contributed by atoms with Crippen LogP contribution in [0.2, 0.25) is 0 Å². The molecule has 1 aliphatic heterocycles. The first kappa shape index (κ1) is 12.8. The quantitative estimate of drug-likeness (QED) is 0.630. The Balaban J connectivity index is 2.03. The minimum absolute atomic E-state index is 0.239. The van der Waals surface area contributed by atoms with Crippen LogP contribution in [0.25, 0.3) is 0 Å². The summed E-state index contributed by atoms with van der Waals surface area (Å²) in [7, 11) is 0. The molecule has 0 aromatic carbocycles. The van der Waals surface area contributed by atoms with Crippen molar-refractivity contribution in [3.63, 3.8) is 0 Å². The number of nitrogens with zero attached hydrogens (tertiary/aromatic N) is 2. The normalized spacial score (nSPS) is 17.2. The van der Waals surface area contributed by atoms with Gasteiger partial charge in [-0.1, -0.05) is 12.8 Å². The Labute approximate surface area is 107 Å². The number of hydrogen-bond donors (Lipinski definition) is 2. The summed E-state index contributed by atoms with van der Waals surface area (Å²) >= 11 is 0. The molecule has 0 bridgehead atoms. The molecule has 0 aliphatic carbocycles. The van der Waals surface area contributed by atoms with Gasteiger partial charge in [0.05, 0.1) is 17.9 Å². The molecule has 1 saturated heterocycles. The van der Waals surface area contributed by atoms with Crippen molar-refractivity contribution in [2.45, 2.75) is 38.6 Å². The van der Waals surface area contributed by atoms with E-state index >= 15 is 0 Å². The highest BCUT2D eigenvalue weighted by atomic mass is 16.2. The van der Waals surface area contributed by atoms with Crippen molar-refractivity contribution >= 4 is 11.6 Å². The summed E-state index contributed by atoms with van der Waals surface area (Å²) in [5, 5.41) is 0. The second kappa shape index (κ2) is 6.35. The number of anilines is 1. The van der Waals surface area contributed by atoms with E-state index in [0.29, 0.717) is 13.0 Å². The van der Waals surface area contributed by atoms with Gasteiger partial charge >= 0.3 is 0 Å². The molecule has 1 aliphatic rings. The lowest BCUT2D eigenvalue weighted by molar-refractivity contribution is -0.132. The topological polar surface area (TPSA) is 71.2 Å². The molecule has 0 spiro atoms. The third-order valence-electron chi connectivity index (χ3n) is 3.26. The smallest absolute Gasteiger partial charge is 0.222 e. The van der Waals surface area contributed by atoms with E-state index in [1.165, 1.54) is 12.8 Å². The molecule has 1 fully saturated rings. The minimum atomic E-state index is 0.239. The van der Waals surface area contributed by atoms with Gasteiger partial charge in [-0.2, -0.15) is 0 Å². The van der Waals surface area contributed by atoms with Crippen LogP contribution >= 0.6 is 0 Å². The number of pyridine rings is 1. The first-order valence-electron chi connectivity index (χ1n) is 6.49. The van der Waals surface area contributed by atoms with E-state index in [1.807, 2.05) is 11.0 Å². The molecule has 18 heavy (non-hydrogen) atoms. The third kappa shape index (κ3) is 3.43. The number of likely N-dealkylation sites (tertiary alicyclic amines) is 1. The molecule has 5 heteroatoms. The highest BCUT2D eigenvalue weighted by Gasteiger charge is 2.16. The molecule has 2 heterocycles. The number of carbonyl (C=O) groups excluding carboxylic acids is 1. The summed E-state index contributed by atoms with van der Waals surface area (Å²) in [6.07, 6.45) is 6.84. The monoisotopic (exact) mass is 248 g/mol. The van der Waals surface area contributed by atoms with Crippen LogP contribution in [-0.4, -0.2) is 22.3 Å². The van der Waals surface area contributed by atoms with Gasteiger partial charge in [-0.3, -0.25) is 15.6 Å². The van der Waals surface area contributed by atoms with Crippen LogP contribution in [0.15, 0.2) is 18.3 Å². The van der Waals surface area contributed by atoms with E-state index in [-0.39, 0.29) is 5.91 Å². The fraction of sp³-hybridized carbons (Fsp3) is 0.538. The number of rotatable bonds is 3. The van der Waals surface area contributed by atoms with E-state index in [2.05, 4.69) is 10.4 Å². The SMILES string of the molecule is NNc1ccnc(CN2CCCCCCC2=O)c1. The Morgan fingerprint density at radius 3 is 3.00 bits per heavy atom. The fourth-order valence-corrected chi connectivity index (χ4v) is 2.23. The van der Waals surface area contributed by atoms with Gasteiger partial charge in [0, 0.05) is 19.2 Å². The van der Waals surface area contributed by atoms with Crippen molar-refractivity contribution in [1.82, 2.24) is 9.88 Å². The first-order valence-corrected chi connectivity index (χ1v) is 6.49. The van der Waals surface area contributed by atoms with Crippen LogP contribution in [0.1, 0.15) is 37.8 Å². The van der Waals surface area contributed by atoms with Gasteiger partial charge < -0.3 is 10.3 Å². The molecule has 0 unspecified atom stereocenters. The lowest BCUT2D eigenvalue weighted by atomic mass is 10.1. The molecule has 3 N–H and O–H groups in total. The molecule has 1 aromatic heterocycles. The Kier molecular flexibility index (Phi) is 4.52. The number of hydrazine groups is 1. The van der Waals surface area contributed by atoms with Crippen molar-refractivity contribution in [1.29, 1.82) is 0 Å². The molecule has 1 amide bonds. The Hall–Kier alpha value is -1.62. The number of aromatic nitrogens is 1. The lowest BCUT2D eigenvalue weighted by Crippen LogP contribution is -2.32. The van der Waals surface area contributed by atoms with Gasteiger partial charge in [-0.15, -0.1) is 0 Å². The number of nitrogen functional groups attached to an aromatic ring is 1. The molecular weight excluding hydrogens is 228 g/mol. The van der Waals surface area contributed by atoms with E-state index in [4.69, 9.17) is 5.84 Å². The van der Waals surface area contributed by atoms with Crippen molar-refractivity contribution in [3.05, 3.63) is 24.0 Å². The second-order valence-corrected chi connectivity index (χ2v) is 4.66. The summed E-state index contributed by atoms with van der Waals surface area (Å²) in [5.74, 6) is 5.61. The van der Waals surface area contributed by atoms with Crippen LogP contribution < -0.4 is 11.3 Å². The van der Waals surface area contributed by atoms with Gasteiger partial charge in [-0.05, 0) is 25.0 Å². The Bertz CT molecular complexity index is 408. The van der Waals surface area contributed by atoms with Crippen molar-refractivity contribution in [2.75, 3.05) is 12.0 Å². The number of amides is 1. The average molecular weight is 248 g/mol. The lowest BCUT2D eigenvalue weighted by Gasteiger charge is -2.24. The summed E-state index contributed by atoms with van der Waals surface area (Å²) in [6, 6.07) is 3.69. The maximum absolute atomic E-state index is 12.0. The predicted octanol–water partition coefficient (Wildman–Crippen LogP) is 1.66. The molecular formula is C13H20N4O. The van der Waals surface area contributed by atoms with E-state index in [9.17, 15) is 4.79 Å². The van der Waals surface area contributed by atoms with E-state index in [0.717, 1.165) is 30.8 Å². The Morgan fingerprint density at radius 1 is 1.33 bits per heavy atom. The maximum Gasteiger partial charge on any atom is 0.222 e. The van der Waals surface area contributed by atoms with E-state index in [1.54, 1.807) is 12.3 Å². The molecule has 0 saturated carbocycles. The highest BCUT2D eigenvalue weighted by molar-refractivity contribution is 5.76. The van der Waals surface area contributed by atoms with Gasteiger partial charge in [-0.25, -0.2) is 0 Å². The van der Waals surface area contributed by atoms with Crippen LogP contribution in [0.5, 0.6) is 0 Å². The number of carbonyl (C=O) groups is 1. The highest BCUT2D eigenvalue weighted by Crippen LogP contribution is 2.15. The molecule has 98 valence electrons. The Morgan fingerprint density at radius 2 is 2.17 bits per heavy atom. The summed E-state index contributed by atoms with van der Waals surface area (Å²) in [4.78, 5) is 18.2.